The number of halogens is 1. The third-order valence-electron chi connectivity index (χ3n) is 3.42. The van der Waals surface area contributed by atoms with Gasteiger partial charge in [-0.05, 0) is 29.9 Å². The number of hydrogen-bond donors (Lipinski definition) is 2. The molecule has 0 aliphatic carbocycles. The fourth-order valence-corrected chi connectivity index (χ4v) is 2.39. The molecular formula is C14H20FN3OS. The van der Waals surface area contributed by atoms with Crippen molar-refractivity contribution in [3.63, 3.8) is 0 Å². The normalized spacial score (nSPS) is 17.5. The van der Waals surface area contributed by atoms with Crippen molar-refractivity contribution in [2.45, 2.75) is 6.04 Å². The van der Waals surface area contributed by atoms with Crippen LogP contribution in [0.1, 0.15) is 11.6 Å². The first kappa shape index (κ1) is 15.2. The van der Waals surface area contributed by atoms with Crippen LogP contribution in [0.25, 0.3) is 0 Å². The Balaban J connectivity index is 2.09. The smallest absolute Gasteiger partial charge is 0.166 e. The van der Waals surface area contributed by atoms with Crippen LogP contribution in [0.5, 0.6) is 0 Å². The maximum atomic E-state index is 13.1. The molecule has 6 heteroatoms. The molecule has 1 heterocycles. The van der Waals surface area contributed by atoms with Crippen LogP contribution in [-0.2, 0) is 4.74 Å². The van der Waals surface area contributed by atoms with Gasteiger partial charge in [-0.15, -0.1) is 0 Å². The first-order valence-electron chi connectivity index (χ1n) is 6.73. The Morgan fingerprint density at radius 3 is 2.60 bits per heavy atom. The van der Waals surface area contributed by atoms with E-state index in [9.17, 15) is 4.39 Å². The van der Waals surface area contributed by atoms with Gasteiger partial charge in [-0.25, -0.2) is 4.39 Å². The lowest BCUT2D eigenvalue weighted by Crippen LogP contribution is -2.45. The minimum atomic E-state index is -0.215. The number of ether oxygens (including phenoxy) is 1. The quantitative estimate of drug-likeness (QED) is 0.819. The van der Waals surface area contributed by atoms with Crippen molar-refractivity contribution in [1.29, 1.82) is 0 Å². The minimum Gasteiger partial charge on any atom is -0.379 e. The molecule has 1 aromatic carbocycles. The molecule has 1 saturated heterocycles. The van der Waals surface area contributed by atoms with Crippen molar-refractivity contribution >= 4 is 17.3 Å². The molecule has 0 saturated carbocycles. The molecule has 1 aromatic rings. The number of nitrogens with zero attached hydrogens (tertiary/aromatic N) is 1. The Bertz CT molecular complexity index is 435. The van der Waals surface area contributed by atoms with Gasteiger partial charge in [0.2, 0.25) is 0 Å². The van der Waals surface area contributed by atoms with E-state index in [2.05, 4.69) is 15.5 Å². The molecule has 0 spiro atoms. The summed E-state index contributed by atoms with van der Waals surface area (Å²) in [7, 11) is 1.79. The lowest BCUT2D eigenvalue weighted by molar-refractivity contribution is 0.0170. The predicted octanol–water partition coefficient (Wildman–Crippen LogP) is 1.29. The van der Waals surface area contributed by atoms with Crippen LogP contribution < -0.4 is 10.6 Å². The fourth-order valence-electron chi connectivity index (χ4n) is 2.31. The molecule has 1 aliphatic heterocycles. The van der Waals surface area contributed by atoms with Crippen molar-refractivity contribution in [2.24, 2.45) is 0 Å². The highest BCUT2D eigenvalue weighted by Crippen LogP contribution is 2.21. The van der Waals surface area contributed by atoms with E-state index in [4.69, 9.17) is 17.0 Å². The average molecular weight is 297 g/mol. The highest BCUT2D eigenvalue weighted by Gasteiger charge is 2.22. The molecule has 2 rings (SSSR count). The van der Waals surface area contributed by atoms with Crippen molar-refractivity contribution in [3.05, 3.63) is 35.6 Å². The molecule has 2 N–H and O–H groups in total. The Hall–Kier alpha value is -1.24. The predicted molar refractivity (Wildman–Crippen MR) is 81.2 cm³/mol. The van der Waals surface area contributed by atoms with Crippen molar-refractivity contribution in [2.75, 3.05) is 39.9 Å². The van der Waals surface area contributed by atoms with Crippen LogP contribution >= 0.6 is 12.2 Å². The minimum absolute atomic E-state index is 0.158. The van der Waals surface area contributed by atoms with E-state index >= 15 is 0 Å². The van der Waals surface area contributed by atoms with Crippen molar-refractivity contribution in [1.82, 2.24) is 15.5 Å². The van der Waals surface area contributed by atoms with E-state index in [1.54, 1.807) is 7.05 Å². The van der Waals surface area contributed by atoms with Gasteiger partial charge in [0, 0.05) is 26.7 Å². The van der Waals surface area contributed by atoms with Crippen LogP contribution in [0.3, 0.4) is 0 Å². The molecule has 0 bridgehead atoms. The third kappa shape index (κ3) is 4.13. The molecular weight excluding hydrogens is 277 g/mol. The molecule has 20 heavy (non-hydrogen) atoms. The van der Waals surface area contributed by atoms with Crippen LogP contribution in [0.4, 0.5) is 4.39 Å². The zero-order chi connectivity index (χ0) is 14.4. The zero-order valence-corrected chi connectivity index (χ0v) is 12.4. The van der Waals surface area contributed by atoms with E-state index in [0.29, 0.717) is 11.7 Å². The Kier molecular flexibility index (Phi) is 5.70. The molecule has 110 valence electrons. The Morgan fingerprint density at radius 1 is 1.35 bits per heavy atom. The zero-order valence-electron chi connectivity index (χ0n) is 11.6. The molecule has 0 amide bonds. The fraction of sp³-hybridized carbons (Fsp3) is 0.500. The summed E-state index contributed by atoms with van der Waals surface area (Å²) in [5.74, 6) is -0.215. The van der Waals surface area contributed by atoms with E-state index < -0.39 is 0 Å². The summed E-state index contributed by atoms with van der Waals surface area (Å²) in [5, 5.41) is 6.70. The standard InChI is InChI=1S/C14H20FN3OS/c1-16-14(20)17-10-13(18-6-8-19-9-7-18)11-2-4-12(15)5-3-11/h2-5,13H,6-10H2,1H3,(H2,16,17,20). The highest BCUT2D eigenvalue weighted by molar-refractivity contribution is 7.80. The summed E-state index contributed by atoms with van der Waals surface area (Å²) in [6, 6.07) is 6.82. The van der Waals surface area contributed by atoms with Crippen molar-refractivity contribution in [3.8, 4) is 0 Å². The monoisotopic (exact) mass is 297 g/mol. The largest absolute Gasteiger partial charge is 0.379 e. The van der Waals surface area contributed by atoms with Crippen LogP contribution in [-0.4, -0.2) is 49.9 Å². The second-order valence-corrected chi connectivity index (χ2v) is 5.08. The van der Waals surface area contributed by atoms with Gasteiger partial charge in [0.1, 0.15) is 5.82 Å². The first-order chi connectivity index (χ1) is 9.70. The highest BCUT2D eigenvalue weighted by atomic mass is 32.1. The number of rotatable bonds is 4. The number of nitrogens with one attached hydrogen (secondary N) is 2. The summed E-state index contributed by atoms with van der Waals surface area (Å²) >= 11 is 5.12. The first-order valence-corrected chi connectivity index (χ1v) is 7.14. The molecule has 0 aromatic heterocycles. The molecule has 1 atom stereocenters. The topological polar surface area (TPSA) is 36.5 Å². The van der Waals surface area contributed by atoms with Gasteiger partial charge in [-0.3, -0.25) is 4.90 Å². The van der Waals surface area contributed by atoms with E-state index in [-0.39, 0.29) is 11.9 Å². The summed E-state index contributed by atoms with van der Waals surface area (Å²) < 4.78 is 18.5. The molecule has 4 nitrogen and oxygen atoms in total. The lowest BCUT2D eigenvalue weighted by Gasteiger charge is -2.35. The summed E-state index contributed by atoms with van der Waals surface area (Å²) in [6.07, 6.45) is 0. The third-order valence-corrected chi connectivity index (χ3v) is 3.77. The molecule has 1 unspecified atom stereocenters. The second-order valence-electron chi connectivity index (χ2n) is 4.68. The maximum absolute atomic E-state index is 13.1. The van der Waals surface area contributed by atoms with Gasteiger partial charge < -0.3 is 15.4 Å². The SMILES string of the molecule is CNC(=S)NCC(c1ccc(F)cc1)N1CCOCC1. The lowest BCUT2D eigenvalue weighted by atomic mass is 10.0. The molecule has 1 aliphatic rings. The van der Waals surface area contributed by atoms with Gasteiger partial charge in [0.05, 0.1) is 19.3 Å². The van der Waals surface area contributed by atoms with E-state index in [0.717, 1.165) is 31.9 Å². The number of thiocarbonyl (C=S) groups is 1. The Labute approximate surface area is 124 Å². The van der Waals surface area contributed by atoms with Crippen LogP contribution in [0.15, 0.2) is 24.3 Å². The summed E-state index contributed by atoms with van der Waals surface area (Å²) in [4.78, 5) is 2.34. The van der Waals surface area contributed by atoms with Gasteiger partial charge >= 0.3 is 0 Å². The average Bonchev–Trinajstić information content (AvgIpc) is 2.50. The number of hydrogen-bond acceptors (Lipinski definition) is 3. The maximum Gasteiger partial charge on any atom is 0.166 e. The van der Waals surface area contributed by atoms with Gasteiger partial charge in [0.15, 0.2) is 5.11 Å². The van der Waals surface area contributed by atoms with Crippen LogP contribution in [0, 0.1) is 5.82 Å². The van der Waals surface area contributed by atoms with Gasteiger partial charge in [-0.2, -0.15) is 0 Å². The van der Waals surface area contributed by atoms with Crippen molar-refractivity contribution < 1.29 is 9.13 Å². The number of morpholine rings is 1. The van der Waals surface area contributed by atoms with E-state index in [1.165, 1.54) is 12.1 Å². The van der Waals surface area contributed by atoms with E-state index in [1.807, 2.05) is 12.1 Å². The number of benzene rings is 1. The molecule has 0 radical (unpaired) electrons. The van der Waals surface area contributed by atoms with Gasteiger partial charge in [0.25, 0.3) is 0 Å². The summed E-state index contributed by atoms with van der Waals surface area (Å²) in [5.41, 5.74) is 1.08. The van der Waals surface area contributed by atoms with Crippen LogP contribution in [0.2, 0.25) is 0 Å². The second kappa shape index (κ2) is 7.52. The Morgan fingerprint density at radius 2 is 2.00 bits per heavy atom. The summed E-state index contributed by atoms with van der Waals surface area (Å²) in [6.45, 7) is 3.89. The molecule has 1 fully saturated rings. The van der Waals surface area contributed by atoms with Gasteiger partial charge in [-0.1, -0.05) is 12.1 Å².